The average Bonchev–Trinajstić information content (AvgIpc) is 2.39. The van der Waals surface area contributed by atoms with Gasteiger partial charge in [-0.25, -0.2) is 0 Å². The molecule has 1 aliphatic heterocycles. The fraction of sp³-hybridized carbons (Fsp3) is 0.308. The van der Waals surface area contributed by atoms with Gasteiger partial charge in [-0.05, 0) is 40.5 Å². The lowest BCUT2D eigenvalue weighted by atomic mass is 10.1. The third kappa shape index (κ3) is 2.69. The van der Waals surface area contributed by atoms with E-state index in [2.05, 4.69) is 22.0 Å². The minimum Gasteiger partial charge on any atom is -0.496 e. The van der Waals surface area contributed by atoms with Crippen LogP contribution in [0.3, 0.4) is 0 Å². The van der Waals surface area contributed by atoms with Gasteiger partial charge in [0.25, 0.3) is 5.91 Å². The van der Waals surface area contributed by atoms with Gasteiger partial charge in [-0.3, -0.25) is 4.79 Å². The highest BCUT2D eigenvalue weighted by Gasteiger charge is 2.16. The summed E-state index contributed by atoms with van der Waals surface area (Å²) >= 11 is 3.39. The van der Waals surface area contributed by atoms with E-state index < -0.39 is 0 Å². The first-order valence-corrected chi connectivity index (χ1v) is 6.29. The van der Waals surface area contributed by atoms with Gasteiger partial charge in [0.05, 0.1) is 11.6 Å². The Morgan fingerprint density at radius 1 is 1.41 bits per heavy atom. The molecule has 0 spiro atoms. The third-order valence-electron chi connectivity index (χ3n) is 2.74. The Balaban J connectivity index is 2.19. The Kier molecular flexibility index (Phi) is 3.84. The lowest BCUT2D eigenvalue weighted by Crippen LogP contribution is -2.33. The van der Waals surface area contributed by atoms with Gasteiger partial charge in [0.2, 0.25) is 0 Å². The molecule has 2 rings (SSSR count). The van der Waals surface area contributed by atoms with Crippen molar-refractivity contribution < 1.29 is 9.53 Å². The van der Waals surface area contributed by atoms with Gasteiger partial charge in [-0.1, -0.05) is 12.2 Å². The summed E-state index contributed by atoms with van der Waals surface area (Å²) in [5.41, 5.74) is 0.688. The van der Waals surface area contributed by atoms with Crippen LogP contribution >= 0.6 is 15.9 Å². The van der Waals surface area contributed by atoms with Crippen molar-refractivity contribution in [3.63, 3.8) is 0 Å². The van der Waals surface area contributed by atoms with Crippen LogP contribution in [0, 0.1) is 0 Å². The predicted octanol–water partition coefficient (Wildman–Crippen LogP) is 2.86. The molecule has 0 saturated carbocycles. The molecule has 0 N–H and O–H groups in total. The molecule has 0 atom stereocenters. The number of benzene rings is 1. The van der Waals surface area contributed by atoms with Crippen molar-refractivity contribution in [3.8, 4) is 5.75 Å². The summed E-state index contributed by atoms with van der Waals surface area (Å²) in [6.45, 7) is 1.49. The number of halogens is 1. The topological polar surface area (TPSA) is 29.5 Å². The van der Waals surface area contributed by atoms with Crippen LogP contribution in [0.5, 0.6) is 5.75 Å². The van der Waals surface area contributed by atoms with E-state index >= 15 is 0 Å². The van der Waals surface area contributed by atoms with Gasteiger partial charge in [0.15, 0.2) is 0 Å². The maximum absolute atomic E-state index is 12.2. The summed E-state index contributed by atoms with van der Waals surface area (Å²) in [5, 5.41) is 0. The van der Waals surface area contributed by atoms with Crippen molar-refractivity contribution in [3.05, 3.63) is 40.4 Å². The van der Waals surface area contributed by atoms with E-state index in [9.17, 15) is 4.79 Å². The highest BCUT2D eigenvalue weighted by atomic mass is 79.9. The molecule has 90 valence electrons. The number of amides is 1. The van der Waals surface area contributed by atoms with Gasteiger partial charge < -0.3 is 9.64 Å². The average molecular weight is 296 g/mol. The molecule has 0 aliphatic carbocycles. The molecule has 0 fully saturated rings. The standard InChI is InChI=1S/C13H14BrNO2/c1-17-12-6-5-10(9-11(12)14)13(16)15-7-3-2-4-8-15/h2-3,5-6,9H,4,7-8H2,1H3. The number of carbonyl (C=O) groups excluding carboxylic acids is 1. The van der Waals surface area contributed by atoms with Gasteiger partial charge in [0, 0.05) is 18.7 Å². The van der Waals surface area contributed by atoms with Crippen LogP contribution in [0.25, 0.3) is 0 Å². The van der Waals surface area contributed by atoms with Crippen LogP contribution in [-0.2, 0) is 0 Å². The second-order valence-electron chi connectivity index (χ2n) is 3.86. The monoisotopic (exact) mass is 295 g/mol. The predicted molar refractivity (Wildman–Crippen MR) is 70.4 cm³/mol. The maximum Gasteiger partial charge on any atom is 0.254 e. The number of ether oxygens (including phenoxy) is 1. The molecule has 0 bridgehead atoms. The zero-order chi connectivity index (χ0) is 12.3. The van der Waals surface area contributed by atoms with E-state index in [0.29, 0.717) is 12.1 Å². The van der Waals surface area contributed by atoms with Crippen molar-refractivity contribution >= 4 is 21.8 Å². The van der Waals surface area contributed by atoms with Crippen molar-refractivity contribution in [1.29, 1.82) is 0 Å². The molecule has 0 saturated heterocycles. The maximum atomic E-state index is 12.2. The molecule has 1 heterocycles. The second-order valence-corrected chi connectivity index (χ2v) is 4.71. The summed E-state index contributed by atoms with van der Waals surface area (Å²) in [6, 6.07) is 5.40. The quantitative estimate of drug-likeness (QED) is 0.785. The SMILES string of the molecule is COc1ccc(C(=O)N2CC=CCC2)cc1Br. The van der Waals surface area contributed by atoms with Crippen LogP contribution in [0.15, 0.2) is 34.8 Å². The van der Waals surface area contributed by atoms with Gasteiger partial charge in [-0.15, -0.1) is 0 Å². The Morgan fingerprint density at radius 2 is 2.24 bits per heavy atom. The summed E-state index contributed by atoms with van der Waals surface area (Å²) in [5.74, 6) is 0.804. The largest absolute Gasteiger partial charge is 0.496 e. The first kappa shape index (κ1) is 12.2. The summed E-state index contributed by atoms with van der Waals surface area (Å²) < 4.78 is 5.95. The second kappa shape index (κ2) is 5.36. The molecule has 17 heavy (non-hydrogen) atoms. The number of rotatable bonds is 2. The van der Waals surface area contributed by atoms with Crippen molar-refractivity contribution in [2.24, 2.45) is 0 Å². The Hall–Kier alpha value is -1.29. The summed E-state index contributed by atoms with van der Waals surface area (Å²) in [4.78, 5) is 14.0. The molecular formula is C13H14BrNO2. The van der Waals surface area contributed by atoms with Gasteiger partial charge >= 0.3 is 0 Å². The molecule has 4 heteroatoms. The third-order valence-corrected chi connectivity index (χ3v) is 3.36. The molecular weight excluding hydrogens is 282 g/mol. The zero-order valence-corrected chi connectivity index (χ0v) is 11.2. The minimum atomic E-state index is 0.0673. The van der Waals surface area contributed by atoms with E-state index in [4.69, 9.17) is 4.74 Å². The first-order valence-electron chi connectivity index (χ1n) is 5.50. The lowest BCUT2D eigenvalue weighted by Gasteiger charge is -2.23. The minimum absolute atomic E-state index is 0.0673. The fourth-order valence-electron chi connectivity index (χ4n) is 1.81. The Bertz CT molecular complexity index is 457. The smallest absolute Gasteiger partial charge is 0.254 e. The lowest BCUT2D eigenvalue weighted by molar-refractivity contribution is 0.0771. The van der Waals surface area contributed by atoms with E-state index in [0.717, 1.165) is 23.2 Å². The molecule has 0 aromatic heterocycles. The molecule has 1 aromatic rings. The van der Waals surface area contributed by atoms with Crippen LogP contribution in [0.4, 0.5) is 0 Å². The zero-order valence-electron chi connectivity index (χ0n) is 9.65. The van der Waals surface area contributed by atoms with Crippen molar-refractivity contribution in [2.75, 3.05) is 20.2 Å². The van der Waals surface area contributed by atoms with Crippen molar-refractivity contribution in [1.82, 2.24) is 4.90 Å². The summed E-state index contributed by atoms with van der Waals surface area (Å²) in [6.07, 6.45) is 5.07. The van der Waals surface area contributed by atoms with Crippen LogP contribution < -0.4 is 4.74 Å². The molecule has 1 amide bonds. The van der Waals surface area contributed by atoms with E-state index in [1.54, 1.807) is 25.3 Å². The Labute approximate surface area is 109 Å². The molecule has 3 nitrogen and oxygen atoms in total. The van der Waals surface area contributed by atoms with Crippen LogP contribution in [-0.4, -0.2) is 31.0 Å². The highest BCUT2D eigenvalue weighted by molar-refractivity contribution is 9.10. The van der Waals surface area contributed by atoms with Gasteiger partial charge in [0.1, 0.15) is 5.75 Å². The number of nitrogens with zero attached hydrogens (tertiary/aromatic N) is 1. The molecule has 1 aromatic carbocycles. The first-order chi connectivity index (χ1) is 8.22. The normalized spacial score (nSPS) is 14.8. The highest BCUT2D eigenvalue weighted by Crippen LogP contribution is 2.26. The fourth-order valence-corrected chi connectivity index (χ4v) is 2.35. The van der Waals surface area contributed by atoms with Crippen LogP contribution in [0.1, 0.15) is 16.8 Å². The molecule has 1 aliphatic rings. The number of hydrogen-bond acceptors (Lipinski definition) is 2. The number of carbonyl (C=O) groups is 1. The summed E-state index contributed by atoms with van der Waals surface area (Å²) in [7, 11) is 1.61. The number of hydrogen-bond donors (Lipinski definition) is 0. The van der Waals surface area contributed by atoms with Crippen molar-refractivity contribution in [2.45, 2.75) is 6.42 Å². The van der Waals surface area contributed by atoms with E-state index in [-0.39, 0.29) is 5.91 Å². The van der Waals surface area contributed by atoms with Gasteiger partial charge in [-0.2, -0.15) is 0 Å². The molecule has 0 radical (unpaired) electrons. The Morgan fingerprint density at radius 3 is 2.82 bits per heavy atom. The molecule has 0 unspecified atom stereocenters. The van der Waals surface area contributed by atoms with E-state index in [1.807, 2.05) is 11.0 Å². The van der Waals surface area contributed by atoms with E-state index in [1.165, 1.54) is 0 Å². The number of methoxy groups -OCH3 is 1. The van der Waals surface area contributed by atoms with Crippen LogP contribution in [0.2, 0.25) is 0 Å².